The molecular formula is C31H44O5. The first kappa shape index (κ1) is 29.4. The lowest BCUT2D eigenvalue weighted by Crippen LogP contribution is -2.24. The van der Waals surface area contributed by atoms with Gasteiger partial charge in [-0.25, -0.2) is 9.59 Å². The summed E-state index contributed by atoms with van der Waals surface area (Å²) in [4.78, 5) is 26.2. The Morgan fingerprint density at radius 3 is 1.19 bits per heavy atom. The van der Waals surface area contributed by atoms with Gasteiger partial charge in [0, 0.05) is 22.3 Å². The maximum absolute atomic E-state index is 13.7. The van der Waals surface area contributed by atoms with Gasteiger partial charge in [0.05, 0.1) is 18.2 Å². The molecule has 1 N–H and O–H groups in total. The summed E-state index contributed by atoms with van der Waals surface area (Å²) in [5, 5.41) is 11.1. The zero-order chi connectivity index (χ0) is 28.0. The van der Waals surface area contributed by atoms with Crippen LogP contribution in [0.3, 0.4) is 0 Å². The second-order valence-electron chi connectivity index (χ2n) is 13.7. The molecule has 198 valence electrons. The van der Waals surface area contributed by atoms with E-state index in [4.69, 9.17) is 9.47 Å². The maximum Gasteiger partial charge on any atom is 0.343 e. The summed E-state index contributed by atoms with van der Waals surface area (Å²) in [5.74, 6) is -0.282. The summed E-state index contributed by atoms with van der Waals surface area (Å²) in [5.41, 5.74) is 2.07. The number of phenols is 1. The van der Waals surface area contributed by atoms with Crippen LogP contribution in [0.25, 0.3) is 0 Å². The molecule has 5 heteroatoms. The van der Waals surface area contributed by atoms with Crippen molar-refractivity contribution in [2.45, 2.75) is 105 Å². The molecule has 0 aliphatic carbocycles. The minimum absolute atomic E-state index is 0.208. The Hall–Kier alpha value is -2.82. The monoisotopic (exact) mass is 496 g/mol. The highest BCUT2D eigenvalue weighted by atomic mass is 16.5. The highest BCUT2D eigenvalue weighted by molar-refractivity contribution is 5.94. The van der Waals surface area contributed by atoms with E-state index in [-0.39, 0.29) is 16.6 Å². The minimum Gasteiger partial charge on any atom is -0.507 e. The van der Waals surface area contributed by atoms with Crippen LogP contribution in [0.4, 0.5) is 0 Å². The molecule has 0 radical (unpaired) electrons. The normalized spacial score (nSPS) is 12.9. The molecule has 0 spiro atoms. The molecule has 2 aromatic carbocycles. The van der Waals surface area contributed by atoms with E-state index in [1.54, 1.807) is 24.3 Å². The SMILES string of the molecule is COC(=O)c1cc(C(C)(C)C)c(OC(=O)c2cc(C(C)(C)C)c(O)c(C(C)(C)C)c2)c(C(C)(C)C)c1. The minimum atomic E-state index is -0.507. The number of hydrogen-bond donors (Lipinski definition) is 1. The summed E-state index contributed by atoms with van der Waals surface area (Å²) in [7, 11) is 1.36. The smallest absolute Gasteiger partial charge is 0.343 e. The van der Waals surface area contributed by atoms with Crippen molar-refractivity contribution in [3.8, 4) is 11.5 Å². The number of phenolic OH excluding ortho intramolecular Hbond substituents is 1. The third-order valence-electron chi connectivity index (χ3n) is 6.28. The van der Waals surface area contributed by atoms with Gasteiger partial charge < -0.3 is 14.6 Å². The van der Waals surface area contributed by atoms with Crippen molar-refractivity contribution in [1.29, 1.82) is 0 Å². The summed E-state index contributed by atoms with van der Waals surface area (Å²) >= 11 is 0. The summed E-state index contributed by atoms with van der Waals surface area (Å²) in [6.45, 7) is 24.1. The lowest BCUT2D eigenvalue weighted by Gasteiger charge is -2.30. The van der Waals surface area contributed by atoms with E-state index in [1.165, 1.54) is 7.11 Å². The molecule has 5 nitrogen and oxygen atoms in total. The van der Waals surface area contributed by atoms with E-state index in [9.17, 15) is 14.7 Å². The predicted molar refractivity (Wildman–Crippen MR) is 146 cm³/mol. The maximum atomic E-state index is 13.7. The largest absolute Gasteiger partial charge is 0.507 e. The highest BCUT2D eigenvalue weighted by Crippen LogP contribution is 2.43. The molecule has 2 aromatic rings. The van der Waals surface area contributed by atoms with Crippen molar-refractivity contribution in [3.05, 3.63) is 57.6 Å². The second kappa shape index (κ2) is 9.57. The van der Waals surface area contributed by atoms with E-state index in [0.29, 0.717) is 28.0 Å². The third kappa shape index (κ3) is 6.29. The lowest BCUT2D eigenvalue weighted by atomic mass is 9.78. The van der Waals surface area contributed by atoms with Gasteiger partial charge in [0.15, 0.2) is 0 Å². The zero-order valence-electron chi connectivity index (χ0n) is 24.4. The molecule has 0 saturated carbocycles. The number of carbonyl (C=O) groups is 2. The van der Waals surface area contributed by atoms with Gasteiger partial charge in [-0.15, -0.1) is 0 Å². The molecule has 36 heavy (non-hydrogen) atoms. The first-order valence-electron chi connectivity index (χ1n) is 12.5. The highest BCUT2D eigenvalue weighted by Gasteiger charge is 2.32. The van der Waals surface area contributed by atoms with Crippen LogP contribution in [-0.2, 0) is 26.4 Å². The molecule has 0 bridgehead atoms. The Kier molecular flexibility index (Phi) is 7.82. The van der Waals surface area contributed by atoms with Crippen LogP contribution in [-0.4, -0.2) is 24.2 Å². The molecule has 2 rings (SSSR count). The van der Waals surface area contributed by atoms with Crippen LogP contribution >= 0.6 is 0 Å². The van der Waals surface area contributed by atoms with Crippen LogP contribution in [0.2, 0.25) is 0 Å². The average molecular weight is 497 g/mol. The van der Waals surface area contributed by atoms with Gasteiger partial charge in [-0.2, -0.15) is 0 Å². The molecule has 0 aliphatic rings. The van der Waals surface area contributed by atoms with Gasteiger partial charge in [-0.1, -0.05) is 83.1 Å². The number of hydrogen-bond acceptors (Lipinski definition) is 5. The zero-order valence-corrected chi connectivity index (χ0v) is 24.4. The number of esters is 2. The fourth-order valence-electron chi connectivity index (χ4n) is 4.14. The Bertz CT molecular complexity index is 1090. The van der Waals surface area contributed by atoms with Gasteiger partial charge >= 0.3 is 11.9 Å². The van der Waals surface area contributed by atoms with Crippen molar-refractivity contribution >= 4 is 11.9 Å². The molecule has 0 amide bonds. The molecule has 0 unspecified atom stereocenters. The Morgan fingerprint density at radius 1 is 0.583 bits per heavy atom. The van der Waals surface area contributed by atoms with Crippen molar-refractivity contribution in [1.82, 2.24) is 0 Å². The first-order chi connectivity index (χ1) is 16.1. The van der Waals surface area contributed by atoms with Crippen LogP contribution in [0.1, 0.15) is 126 Å². The number of ether oxygens (including phenoxy) is 2. The lowest BCUT2D eigenvalue weighted by molar-refractivity contribution is 0.0600. The fourth-order valence-corrected chi connectivity index (χ4v) is 4.14. The van der Waals surface area contributed by atoms with E-state index in [1.807, 2.05) is 83.1 Å². The number of aromatic hydroxyl groups is 1. The van der Waals surface area contributed by atoms with Crippen molar-refractivity contribution < 1.29 is 24.2 Å². The molecular weight excluding hydrogens is 452 g/mol. The van der Waals surface area contributed by atoms with Crippen LogP contribution < -0.4 is 4.74 Å². The summed E-state index contributed by atoms with van der Waals surface area (Å²) < 4.78 is 11.2. The van der Waals surface area contributed by atoms with Crippen LogP contribution in [0, 0.1) is 0 Å². The van der Waals surface area contributed by atoms with Gasteiger partial charge in [-0.3, -0.25) is 0 Å². The number of methoxy groups -OCH3 is 1. The standard InChI is InChI=1S/C31H44O5/c1-28(2,3)20-14-19(15-21(24(20)32)29(4,5)6)27(34)36-25-22(30(7,8)9)16-18(26(33)35-13)17-23(25)31(10,11)12/h14-17,32H,1-13H3. The molecule has 0 heterocycles. The van der Waals surface area contributed by atoms with E-state index in [2.05, 4.69) is 0 Å². The third-order valence-corrected chi connectivity index (χ3v) is 6.28. The average Bonchev–Trinajstić information content (AvgIpc) is 2.69. The molecule has 0 fully saturated rings. The second-order valence-corrected chi connectivity index (χ2v) is 13.7. The number of benzene rings is 2. The van der Waals surface area contributed by atoms with E-state index >= 15 is 0 Å². The van der Waals surface area contributed by atoms with Crippen LogP contribution in [0.5, 0.6) is 11.5 Å². The van der Waals surface area contributed by atoms with Crippen molar-refractivity contribution in [2.75, 3.05) is 7.11 Å². The van der Waals surface area contributed by atoms with E-state index in [0.717, 1.165) is 11.1 Å². The van der Waals surface area contributed by atoms with Crippen molar-refractivity contribution in [3.63, 3.8) is 0 Å². The topological polar surface area (TPSA) is 72.8 Å². The summed E-state index contributed by atoms with van der Waals surface area (Å²) in [6, 6.07) is 6.95. The predicted octanol–water partition coefficient (Wildman–Crippen LogP) is 7.59. The van der Waals surface area contributed by atoms with Crippen LogP contribution in [0.15, 0.2) is 24.3 Å². The molecule has 0 saturated heterocycles. The van der Waals surface area contributed by atoms with E-state index < -0.39 is 22.8 Å². The molecule has 0 atom stereocenters. The van der Waals surface area contributed by atoms with Gasteiger partial charge in [-0.05, 0) is 45.9 Å². The Morgan fingerprint density at radius 2 is 0.889 bits per heavy atom. The first-order valence-corrected chi connectivity index (χ1v) is 12.5. The number of carbonyl (C=O) groups excluding carboxylic acids is 2. The van der Waals surface area contributed by atoms with Gasteiger partial charge in [0.1, 0.15) is 11.5 Å². The fraction of sp³-hybridized carbons (Fsp3) is 0.548. The molecule has 0 aromatic heterocycles. The Labute approximate surface area is 217 Å². The number of rotatable bonds is 3. The quantitative estimate of drug-likeness (QED) is 0.350. The summed E-state index contributed by atoms with van der Waals surface area (Å²) in [6.07, 6.45) is 0. The van der Waals surface area contributed by atoms with Gasteiger partial charge in [0.2, 0.25) is 0 Å². The molecule has 0 aliphatic heterocycles. The van der Waals surface area contributed by atoms with Gasteiger partial charge in [0.25, 0.3) is 0 Å². The van der Waals surface area contributed by atoms with Crippen molar-refractivity contribution in [2.24, 2.45) is 0 Å². The Balaban J connectivity index is 2.82.